The molecule has 0 radical (unpaired) electrons. The number of rotatable bonds is 5. The Morgan fingerprint density at radius 2 is 1.78 bits per heavy atom. The van der Waals surface area contributed by atoms with Crippen molar-refractivity contribution < 1.29 is 0 Å². The van der Waals surface area contributed by atoms with Crippen LogP contribution in [0.3, 0.4) is 0 Å². The molecule has 1 saturated carbocycles. The number of piperazine rings is 1. The van der Waals surface area contributed by atoms with Gasteiger partial charge in [0, 0.05) is 37.4 Å². The van der Waals surface area contributed by atoms with E-state index in [1.54, 1.807) is 0 Å². The van der Waals surface area contributed by atoms with Gasteiger partial charge in [0.2, 0.25) is 0 Å². The molecule has 3 heteroatoms. The van der Waals surface area contributed by atoms with Gasteiger partial charge in [-0.3, -0.25) is 4.90 Å². The number of hydrogen-bond acceptors (Lipinski definition) is 3. The second-order valence-corrected chi connectivity index (χ2v) is 7.40. The summed E-state index contributed by atoms with van der Waals surface area (Å²) in [5.41, 5.74) is 8.53. The number of hydrogen-bond donors (Lipinski definition) is 1. The lowest BCUT2D eigenvalue weighted by atomic mass is 9.91. The van der Waals surface area contributed by atoms with E-state index in [0.717, 1.165) is 19.0 Å². The van der Waals surface area contributed by atoms with Crippen LogP contribution in [0.25, 0.3) is 0 Å². The Labute approximate surface area is 141 Å². The zero-order valence-electron chi connectivity index (χ0n) is 14.7. The third kappa shape index (κ3) is 4.27. The molecular formula is C20H33N3. The smallest absolute Gasteiger partial charge is 0.0367 e. The van der Waals surface area contributed by atoms with Gasteiger partial charge < -0.3 is 10.6 Å². The summed E-state index contributed by atoms with van der Waals surface area (Å²) in [6.07, 6.45) is 9.49. The van der Waals surface area contributed by atoms with E-state index in [1.165, 1.54) is 69.4 Å². The third-order valence-corrected chi connectivity index (χ3v) is 5.71. The summed E-state index contributed by atoms with van der Waals surface area (Å²) in [5, 5.41) is 0. The van der Waals surface area contributed by atoms with Gasteiger partial charge in [0.25, 0.3) is 0 Å². The van der Waals surface area contributed by atoms with E-state index in [4.69, 9.17) is 5.73 Å². The molecule has 23 heavy (non-hydrogen) atoms. The Bertz CT molecular complexity index is 464. The fourth-order valence-corrected chi connectivity index (χ4v) is 4.36. The fraction of sp³-hybridized carbons (Fsp3) is 0.700. The average Bonchev–Trinajstić information content (AvgIpc) is 2.61. The summed E-state index contributed by atoms with van der Waals surface area (Å²) in [7, 11) is 0. The van der Waals surface area contributed by atoms with E-state index in [-0.39, 0.29) is 0 Å². The van der Waals surface area contributed by atoms with Gasteiger partial charge in [0.05, 0.1) is 0 Å². The van der Waals surface area contributed by atoms with Gasteiger partial charge in [-0.2, -0.15) is 0 Å². The first kappa shape index (κ1) is 16.8. The number of anilines is 1. The molecule has 2 N–H and O–H groups in total. The van der Waals surface area contributed by atoms with Crippen molar-refractivity contribution in [2.24, 2.45) is 5.73 Å². The van der Waals surface area contributed by atoms with Crippen LogP contribution in [-0.2, 0) is 0 Å². The van der Waals surface area contributed by atoms with Crippen molar-refractivity contribution in [2.45, 2.75) is 64.0 Å². The van der Waals surface area contributed by atoms with Gasteiger partial charge in [-0.15, -0.1) is 0 Å². The second kappa shape index (κ2) is 8.16. The van der Waals surface area contributed by atoms with Crippen LogP contribution in [0.4, 0.5) is 5.69 Å². The minimum absolute atomic E-state index is 0.678. The summed E-state index contributed by atoms with van der Waals surface area (Å²) in [6.45, 7) is 6.53. The molecule has 0 amide bonds. The Morgan fingerprint density at radius 3 is 2.48 bits per heavy atom. The zero-order chi connectivity index (χ0) is 16.1. The van der Waals surface area contributed by atoms with Crippen molar-refractivity contribution in [3.8, 4) is 0 Å². The first-order chi connectivity index (χ1) is 11.3. The van der Waals surface area contributed by atoms with Crippen molar-refractivity contribution >= 4 is 5.69 Å². The molecule has 1 saturated heterocycles. The quantitative estimate of drug-likeness (QED) is 0.902. The number of aryl methyl sites for hydroxylation is 1. The highest BCUT2D eigenvalue weighted by Gasteiger charge is 2.32. The molecule has 2 aliphatic rings. The Balaban J connectivity index is 1.68. The standard InChI is InChI=1S/C20H33N3/c1-17-9-11-18(12-10-17)22-14-15-23(19-6-3-2-4-7-19)20(16-22)8-5-13-21/h9-12,19-20H,2-8,13-16,21H2,1H3. The van der Waals surface area contributed by atoms with E-state index in [0.29, 0.717) is 6.04 Å². The molecule has 1 atom stereocenters. The van der Waals surface area contributed by atoms with Gasteiger partial charge >= 0.3 is 0 Å². The maximum absolute atomic E-state index is 5.80. The topological polar surface area (TPSA) is 32.5 Å². The van der Waals surface area contributed by atoms with Crippen LogP contribution in [-0.4, -0.2) is 43.2 Å². The zero-order valence-corrected chi connectivity index (χ0v) is 14.7. The first-order valence-electron chi connectivity index (χ1n) is 9.55. The van der Waals surface area contributed by atoms with Crippen LogP contribution in [0.2, 0.25) is 0 Å². The molecule has 1 aromatic rings. The highest BCUT2D eigenvalue weighted by Crippen LogP contribution is 2.29. The van der Waals surface area contributed by atoms with E-state index in [1.807, 2.05) is 0 Å². The molecule has 128 valence electrons. The molecule has 1 heterocycles. The van der Waals surface area contributed by atoms with Gasteiger partial charge in [-0.25, -0.2) is 0 Å². The molecule has 0 aromatic heterocycles. The summed E-state index contributed by atoms with van der Waals surface area (Å²) in [4.78, 5) is 5.42. The summed E-state index contributed by atoms with van der Waals surface area (Å²) in [6, 6.07) is 10.5. The molecule has 1 unspecified atom stereocenters. The fourth-order valence-electron chi connectivity index (χ4n) is 4.36. The molecular weight excluding hydrogens is 282 g/mol. The van der Waals surface area contributed by atoms with Crippen LogP contribution < -0.4 is 10.6 Å². The third-order valence-electron chi connectivity index (χ3n) is 5.71. The Hall–Kier alpha value is -1.06. The van der Waals surface area contributed by atoms with Crippen LogP contribution >= 0.6 is 0 Å². The van der Waals surface area contributed by atoms with Gasteiger partial charge in [0.15, 0.2) is 0 Å². The summed E-state index contributed by atoms with van der Waals surface area (Å²) < 4.78 is 0. The molecule has 3 rings (SSSR count). The van der Waals surface area contributed by atoms with Crippen LogP contribution in [0.1, 0.15) is 50.5 Å². The van der Waals surface area contributed by atoms with E-state index < -0.39 is 0 Å². The Kier molecular flexibility index (Phi) is 5.96. The Morgan fingerprint density at radius 1 is 1.04 bits per heavy atom. The lowest BCUT2D eigenvalue weighted by molar-refractivity contribution is 0.0863. The molecule has 1 aromatic carbocycles. The highest BCUT2D eigenvalue weighted by molar-refractivity contribution is 5.48. The second-order valence-electron chi connectivity index (χ2n) is 7.40. The monoisotopic (exact) mass is 315 g/mol. The van der Waals surface area contributed by atoms with E-state index >= 15 is 0 Å². The van der Waals surface area contributed by atoms with Crippen molar-refractivity contribution in [1.82, 2.24) is 4.90 Å². The van der Waals surface area contributed by atoms with Gasteiger partial charge in [0.1, 0.15) is 0 Å². The molecule has 0 bridgehead atoms. The lowest BCUT2D eigenvalue weighted by Gasteiger charge is -2.47. The first-order valence-corrected chi connectivity index (χ1v) is 9.55. The average molecular weight is 316 g/mol. The van der Waals surface area contributed by atoms with E-state index in [9.17, 15) is 0 Å². The molecule has 3 nitrogen and oxygen atoms in total. The minimum atomic E-state index is 0.678. The minimum Gasteiger partial charge on any atom is -0.369 e. The van der Waals surface area contributed by atoms with Crippen molar-refractivity contribution in [2.75, 3.05) is 31.1 Å². The number of nitrogens with two attached hydrogens (primary N) is 1. The molecule has 1 aliphatic carbocycles. The highest BCUT2D eigenvalue weighted by atomic mass is 15.3. The van der Waals surface area contributed by atoms with E-state index in [2.05, 4.69) is 41.0 Å². The normalized spacial score (nSPS) is 24.1. The lowest BCUT2D eigenvalue weighted by Crippen LogP contribution is -2.57. The number of nitrogens with zero attached hydrogens (tertiary/aromatic N) is 2. The molecule has 2 fully saturated rings. The molecule has 0 spiro atoms. The van der Waals surface area contributed by atoms with Crippen molar-refractivity contribution in [3.05, 3.63) is 29.8 Å². The predicted octanol–water partition coefficient (Wildman–Crippen LogP) is 3.56. The van der Waals surface area contributed by atoms with Crippen LogP contribution in [0.15, 0.2) is 24.3 Å². The largest absolute Gasteiger partial charge is 0.369 e. The maximum Gasteiger partial charge on any atom is 0.0367 e. The maximum atomic E-state index is 5.80. The van der Waals surface area contributed by atoms with Crippen molar-refractivity contribution in [1.29, 1.82) is 0 Å². The van der Waals surface area contributed by atoms with Gasteiger partial charge in [-0.1, -0.05) is 37.0 Å². The van der Waals surface area contributed by atoms with Crippen LogP contribution in [0.5, 0.6) is 0 Å². The van der Waals surface area contributed by atoms with Crippen molar-refractivity contribution in [3.63, 3.8) is 0 Å². The molecule has 1 aliphatic heterocycles. The SMILES string of the molecule is Cc1ccc(N2CCN(C3CCCCC3)C(CCCN)C2)cc1. The summed E-state index contributed by atoms with van der Waals surface area (Å²) in [5.74, 6) is 0. The van der Waals surface area contributed by atoms with Crippen LogP contribution in [0, 0.1) is 6.92 Å². The number of benzene rings is 1. The van der Waals surface area contributed by atoms with Gasteiger partial charge in [-0.05, 0) is 51.3 Å². The predicted molar refractivity (Wildman–Crippen MR) is 99.0 cm³/mol. The summed E-state index contributed by atoms with van der Waals surface area (Å²) >= 11 is 0.